The summed E-state index contributed by atoms with van der Waals surface area (Å²) < 4.78 is 12.0. The molecule has 0 atom stereocenters. The van der Waals surface area contributed by atoms with Crippen LogP contribution in [0.15, 0.2) is 18.5 Å². The van der Waals surface area contributed by atoms with Crippen molar-refractivity contribution in [3.8, 4) is 11.8 Å². The van der Waals surface area contributed by atoms with Crippen molar-refractivity contribution in [1.29, 1.82) is 0 Å². The third kappa shape index (κ3) is 3.04. The van der Waals surface area contributed by atoms with Gasteiger partial charge >= 0.3 is 7.12 Å². The smallest absolute Gasteiger partial charge is 0.399 e. The molecule has 1 aromatic heterocycles. The molecule has 5 heteroatoms. The topological polar surface area (TPSA) is 43.4 Å². The van der Waals surface area contributed by atoms with Crippen LogP contribution in [0, 0.1) is 11.8 Å². The monoisotopic (exact) mass is 272 g/mol. The van der Waals surface area contributed by atoms with E-state index in [-0.39, 0.29) is 11.2 Å². The number of aromatic nitrogens is 1. The van der Waals surface area contributed by atoms with E-state index in [0.717, 1.165) is 11.0 Å². The van der Waals surface area contributed by atoms with Crippen LogP contribution in [-0.2, 0) is 9.31 Å². The van der Waals surface area contributed by atoms with Crippen molar-refractivity contribution in [2.24, 2.45) is 0 Å². The lowest BCUT2D eigenvalue weighted by Crippen LogP contribution is -2.41. The van der Waals surface area contributed by atoms with Crippen LogP contribution in [0.3, 0.4) is 0 Å². The Hall–Kier alpha value is -1.35. The van der Waals surface area contributed by atoms with Gasteiger partial charge in [-0.05, 0) is 40.8 Å². The molecule has 1 saturated heterocycles. The summed E-state index contributed by atoms with van der Waals surface area (Å²) in [7, 11) is 1.48. The second kappa shape index (κ2) is 5.57. The van der Waals surface area contributed by atoms with E-state index in [1.165, 1.54) is 0 Å². The molecule has 0 amide bonds. The highest BCUT2D eigenvalue weighted by atomic mass is 16.7. The molecule has 0 aliphatic carbocycles. The molecule has 1 N–H and O–H groups in total. The Kier molecular flexibility index (Phi) is 4.19. The van der Waals surface area contributed by atoms with Gasteiger partial charge < -0.3 is 14.6 Å². The number of nitrogens with zero attached hydrogens (tertiary/aromatic N) is 1. The summed E-state index contributed by atoms with van der Waals surface area (Å²) >= 11 is 0. The molecule has 0 radical (unpaired) electrons. The standard InChI is InChI=1S/C15H21BN2O2/c1-14(2)15(3,4)20-16(19-14)13-9-12(10-18-11-13)7-6-8-17-5/h9-11,17H,8H2,1-5H3. The molecule has 0 bridgehead atoms. The Morgan fingerprint density at radius 1 is 1.20 bits per heavy atom. The SMILES string of the molecule is CNCC#Cc1cncc(B2OC(C)(C)C(C)(C)O2)c1. The van der Waals surface area contributed by atoms with Gasteiger partial charge in [0, 0.05) is 23.4 Å². The zero-order chi connectivity index (χ0) is 14.8. The molecular weight excluding hydrogens is 251 g/mol. The molecule has 0 aromatic carbocycles. The third-order valence-electron chi connectivity index (χ3n) is 3.78. The van der Waals surface area contributed by atoms with E-state index < -0.39 is 7.12 Å². The van der Waals surface area contributed by atoms with Crippen molar-refractivity contribution in [3.63, 3.8) is 0 Å². The molecular formula is C15H21BN2O2. The fourth-order valence-electron chi connectivity index (χ4n) is 1.87. The second-order valence-corrected chi connectivity index (χ2v) is 5.93. The Morgan fingerprint density at radius 3 is 2.45 bits per heavy atom. The van der Waals surface area contributed by atoms with Crippen LogP contribution in [0.25, 0.3) is 0 Å². The van der Waals surface area contributed by atoms with Gasteiger partial charge in [-0.3, -0.25) is 4.98 Å². The fourth-order valence-corrected chi connectivity index (χ4v) is 1.87. The van der Waals surface area contributed by atoms with Gasteiger partial charge in [0.05, 0.1) is 17.7 Å². The Morgan fingerprint density at radius 2 is 1.85 bits per heavy atom. The molecule has 106 valence electrons. The van der Waals surface area contributed by atoms with Gasteiger partial charge in [-0.25, -0.2) is 0 Å². The summed E-state index contributed by atoms with van der Waals surface area (Å²) in [6, 6.07) is 1.97. The van der Waals surface area contributed by atoms with E-state index in [0.29, 0.717) is 6.54 Å². The van der Waals surface area contributed by atoms with Gasteiger partial charge in [-0.2, -0.15) is 0 Å². The van der Waals surface area contributed by atoms with Crippen LogP contribution in [-0.4, -0.2) is 36.9 Å². The minimum Gasteiger partial charge on any atom is -0.399 e. The normalized spacial score (nSPS) is 19.6. The van der Waals surface area contributed by atoms with Crippen molar-refractivity contribution >= 4 is 12.6 Å². The lowest BCUT2D eigenvalue weighted by molar-refractivity contribution is 0.00578. The summed E-state index contributed by atoms with van der Waals surface area (Å²) in [5, 5.41) is 2.99. The first-order valence-corrected chi connectivity index (χ1v) is 6.80. The predicted octanol–water partition coefficient (Wildman–Crippen LogP) is 0.952. The molecule has 1 fully saturated rings. The Balaban J connectivity index is 2.19. The zero-order valence-electron chi connectivity index (χ0n) is 12.8. The van der Waals surface area contributed by atoms with E-state index in [2.05, 4.69) is 22.1 Å². The molecule has 1 aromatic rings. The summed E-state index contributed by atoms with van der Waals surface area (Å²) in [5.74, 6) is 6.08. The van der Waals surface area contributed by atoms with Gasteiger partial charge in [0.15, 0.2) is 0 Å². The van der Waals surface area contributed by atoms with Crippen LogP contribution in [0.2, 0.25) is 0 Å². The minimum atomic E-state index is -0.390. The molecule has 20 heavy (non-hydrogen) atoms. The largest absolute Gasteiger partial charge is 0.496 e. The van der Waals surface area contributed by atoms with Gasteiger partial charge in [-0.15, -0.1) is 0 Å². The number of pyridine rings is 1. The van der Waals surface area contributed by atoms with E-state index in [1.54, 1.807) is 12.4 Å². The molecule has 0 spiro atoms. The van der Waals surface area contributed by atoms with Crippen molar-refractivity contribution in [2.45, 2.75) is 38.9 Å². The first kappa shape index (κ1) is 15.1. The van der Waals surface area contributed by atoms with Crippen LogP contribution in [0.1, 0.15) is 33.3 Å². The Labute approximate surface area is 121 Å². The average molecular weight is 272 g/mol. The molecule has 0 unspecified atom stereocenters. The maximum Gasteiger partial charge on any atom is 0.496 e. The number of rotatable bonds is 2. The average Bonchev–Trinajstić information content (AvgIpc) is 2.59. The summed E-state index contributed by atoms with van der Waals surface area (Å²) in [4.78, 5) is 4.22. The first-order valence-electron chi connectivity index (χ1n) is 6.80. The zero-order valence-corrected chi connectivity index (χ0v) is 12.8. The quantitative estimate of drug-likeness (QED) is 0.643. The van der Waals surface area contributed by atoms with Crippen LogP contribution < -0.4 is 10.8 Å². The van der Waals surface area contributed by atoms with E-state index >= 15 is 0 Å². The molecule has 2 rings (SSSR count). The lowest BCUT2D eigenvalue weighted by atomic mass is 9.80. The van der Waals surface area contributed by atoms with Gasteiger partial charge in [0.1, 0.15) is 0 Å². The summed E-state index contributed by atoms with van der Waals surface area (Å²) in [6.45, 7) is 8.81. The number of hydrogen-bond donors (Lipinski definition) is 1. The highest BCUT2D eigenvalue weighted by Gasteiger charge is 2.51. The molecule has 2 heterocycles. The van der Waals surface area contributed by atoms with E-state index in [9.17, 15) is 0 Å². The highest BCUT2D eigenvalue weighted by molar-refractivity contribution is 6.62. The van der Waals surface area contributed by atoms with E-state index in [4.69, 9.17) is 9.31 Å². The highest BCUT2D eigenvalue weighted by Crippen LogP contribution is 2.36. The van der Waals surface area contributed by atoms with Crippen molar-refractivity contribution < 1.29 is 9.31 Å². The van der Waals surface area contributed by atoms with Crippen molar-refractivity contribution in [2.75, 3.05) is 13.6 Å². The second-order valence-electron chi connectivity index (χ2n) is 5.93. The molecule has 1 aliphatic rings. The van der Waals surface area contributed by atoms with E-state index in [1.807, 2.05) is 40.8 Å². The maximum atomic E-state index is 6.01. The predicted molar refractivity (Wildman–Crippen MR) is 80.8 cm³/mol. The number of hydrogen-bond acceptors (Lipinski definition) is 4. The van der Waals surface area contributed by atoms with Crippen LogP contribution in [0.5, 0.6) is 0 Å². The van der Waals surface area contributed by atoms with Gasteiger partial charge in [-0.1, -0.05) is 11.8 Å². The maximum absolute atomic E-state index is 6.01. The fraction of sp³-hybridized carbons (Fsp3) is 0.533. The first-order chi connectivity index (χ1) is 9.36. The lowest BCUT2D eigenvalue weighted by Gasteiger charge is -2.32. The van der Waals surface area contributed by atoms with Crippen molar-refractivity contribution in [1.82, 2.24) is 10.3 Å². The van der Waals surface area contributed by atoms with Gasteiger partial charge in [0.25, 0.3) is 0 Å². The van der Waals surface area contributed by atoms with Crippen molar-refractivity contribution in [3.05, 3.63) is 24.0 Å². The van der Waals surface area contributed by atoms with Crippen LogP contribution >= 0.6 is 0 Å². The minimum absolute atomic E-state index is 0.342. The Bertz CT molecular complexity index is 530. The molecule has 4 nitrogen and oxygen atoms in total. The summed E-state index contributed by atoms with van der Waals surface area (Å²) in [6.07, 6.45) is 3.52. The number of nitrogens with one attached hydrogen (secondary N) is 1. The summed E-state index contributed by atoms with van der Waals surface area (Å²) in [5.41, 5.74) is 1.09. The van der Waals surface area contributed by atoms with Crippen LogP contribution in [0.4, 0.5) is 0 Å². The molecule has 1 aliphatic heterocycles. The molecule has 0 saturated carbocycles. The van der Waals surface area contributed by atoms with Gasteiger partial charge in [0.2, 0.25) is 0 Å². The third-order valence-corrected chi connectivity index (χ3v) is 3.78.